The first-order valence-corrected chi connectivity index (χ1v) is 4.35. The van der Waals surface area contributed by atoms with Crippen LogP contribution in [0.25, 0.3) is 10.4 Å². The van der Waals surface area contributed by atoms with Crippen LogP contribution < -0.4 is 5.32 Å². The van der Waals surface area contributed by atoms with Crippen LogP contribution >= 0.6 is 0 Å². The fourth-order valence-electron chi connectivity index (χ4n) is 0.713. The number of ether oxygens (including phenoxy) is 1. The summed E-state index contributed by atoms with van der Waals surface area (Å²) in [6.07, 6.45) is -0.502. The number of amides is 1. The number of hydrogen-bond donors (Lipinski definition) is 1. The lowest BCUT2D eigenvalue weighted by Gasteiger charge is -2.21. The van der Waals surface area contributed by atoms with E-state index in [4.69, 9.17) is 10.3 Å². The third-order valence-corrected chi connectivity index (χ3v) is 1.18. The van der Waals surface area contributed by atoms with Crippen LogP contribution in [0.4, 0.5) is 4.79 Å². The van der Waals surface area contributed by atoms with Gasteiger partial charge in [-0.15, -0.1) is 0 Å². The SMILES string of the molecule is CC(CN=[N+]=[N-])NC(=O)OC(C)(C)C. The van der Waals surface area contributed by atoms with Crippen LogP contribution in [0.3, 0.4) is 0 Å². The van der Waals surface area contributed by atoms with Gasteiger partial charge >= 0.3 is 6.09 Å². The molecule has 0 aliphatic rings. The maximum Gasteiger partial charge on any atom is 0.407 e. The molecular weight excluding hydrogens is 184 g/mol. The third kappa shape index (κ3) is 7.24. The predicted octanol–water partition coefficient (Wildman–Crippen LogP) is 2.21. The molecule has 14 heavy (non-hydrogen) atoms. The van der Waals surface area contributed by atoms with Crippen molar-refractivity contribution in [1.29, 1.82) is 0 Å². The molecule has 1 N–H and O–H groups in total. The largest absolute Gasteiger partial charge is 0.444 e. The molecule has 0 spiro atoms. The zero-order chi connectivity index (χ0) is 11.2. The van der Waals surface area contributed by atoms with E-state index in [-0.39, 0.29) is 12.6 Å². The molecule has 0 aromatic carbocycles. The van der Waals surface area contributed by atoms with Crippen LogP contribution in [0.1, 0.15) is 27.7 Å². The molecular formula is C8H16N4O2. The predicted molar refractivity (Wildman–Crippen MR) is 52.8 cm³/mol. The summed E-state index contributed by atoms with van der Waals surface area (Å²) in [5, 5.41) is 5.88. The van der Waals surface area contributed by atoms with Crippen molar-refractivity contribution in [2.75, 3.05) is 6.54 Å². The summed E-state index contributed by atoms with van der Waals surface area (Å²) in [5.41, 5.74) is 7.54. The highest BCUT2D eigenvalue weighted by Gasteiger charge is 2.17. The molecule has 0 saturated heterocycles. The van der Waals surface area contributed by atoms with Crippen LogP contribution in [0, 0.1) is 0 Å². The van der Waals surface area contributed by atoms with Crippen molar-refractivity contribution in [3.63, 3.8) is 0 Å². The van der Waals surface area contributed by atoms with Crippen LogP contribution in [-0.2, 0) is 4.74 Å². The molecule has 0 aromatic rings. The van der Waals surface area contributed by atoms with E-state index in [0.717, 1.165) is 0 Å². The lowest BCUT2D eigenvalue weighted by Crippen LogP contribution is -2.38. The van der Waals surface area contributed by atoms with Gasteiger partial charge in [0.15, 0.2) is 0 Å². The summed E-state index contributed by atoms with van der Waals surface area (Å²) in [6.45, 7) is 7.30. The maximum atomic E-state index is 11.2. The minimum atomic E-state index is -0.512. The van der Waals surface area contributed by atoms with E-state index in [0.29, 0.717) is 0 Å². The van der Waals surface area contributed by atoms with E-state index in [2.05, 4.69) is 15.3 Å². The molecule has 1 atom stereocenters. The first-order valence-electron chi connectivity index (χ1n) is 4.35. The molecule has 0 radical (unpaired) electrons. The average Bonchev–Trinajstić information content (AvgIpc) is 1.96. The Morgan fingerprint density at radius 3 is 2.64 bits per heavy atom. The monoisotopic (exact) mass is 200 g/mol. The van der Waals surface area contributed by atoms with Gasteiger partial charge in [-0.05, 0) is 33.2 Å². The Bertz CT molecular complexity index is 240. The van der Waals surface area contributed by atoms with Crippen molar-refractivity contribution < 1.29 is 9.53 Å². The van der Waals surface area contributed by atoms with Gasteiger partial charge in [-0.1, -0.05) is 5.11 Å². The Kier molecular flexibility index (Phi) is 4.80. The van der Waals surface area contributed by atoms with Crippen LogP contribution in [-0.4, -0.2) is 24.3 Å². The van der Waals surface area contributed by atoms with Gasteiger partial charge in [0, 0.05) is 17.5 Å². The Balaban J connectivity index is 3.88. The van der Waals surface area contributed by atoms with Crippen molar-refractivity contribution in [2.24, 2.45) is 5.11 Å². The topological polar surface area (TPSA) is 87.1 Å². The van der Waals surface area contributed by atoms with Gasteiger partial charge in [-0.2, -0.15) is 0 Å². The maximum absolute atomic E-state index is 11.2. The molecule has 0 heterocycles. The molecule has 6 nitrogen and oxygen atoms in total. The highest BCUT2D eigenvalue weighted by molar-refractivity contribution is 5.68. The smallest absolute Gasteiger partial charge is 0.407 e. The summed E-state index contributed by atoms with van der Waals surface area (Å²) < 4.78 is 5.00. The zero-order valence-corrected chi connectivity index (χ0v) is 8.94. The van der Waals surface area contributed by atoms with E-state index in [1.807, 2.05) is 0 Å². The van der Waals surface area contributed by atoms with E-state index >= 15 is 0 Å². The third-order valence-electron chi connectivity index (χ3n) is 1.18. The quantitative estimate of drug-likeness (QED) is 0.430. The van der Waals surface area contributed by atoms with Gasteiger partial charge in [0.1, 0.15) is 5.60 Å². The van der Waals surface area contributed by atoms with Crippen LogP contribution in [0.2, 0.25) is 0 Å². The second kappa shape index (κ2) is 5.34. The van der Waals surface area contributed by atoms with Crippen molar-refractivity contribution in [1.82, 2.24) is 5.32 Å². The van der Waals surface area contributed by atoms with Gasteiger partial charge in [0.2, 0.25) is 0 Å². The number of nitrogens with one attached hydrogen (secondary N) is 1. The molecule has 0 fully saturated rings. The number of carbonyl (C=O) groups excluding carboxylic acids is 1. The number of nitrogens with zero attached hydrogens (tertiary/aromatic N) is 3. The van der Waals surface area contributed by atoms with Gasteiger partial charge in [0.05, 0.1) is 0 Å². The average molecular weight is 200 g/mol. The second-order valence-electron chi connectivity index (χ2n) is 3.96. The fraction of sp³-hybridized carbons (Fsp3) is 0.875. The Labute approximate surface area is 83.3 Å². The molecule has 0 bridgehead atoms. The highest BCUT2D eigenvalue weighted by atomic mass is 16.6. The highest BCUT2D eigenvalue weighted by Crippen LogP contribution is 2.06. The number of rotatable bonds is 3. The molecule has 0 aliphatic heterocycles. The summed E-state index contributed by atoms with van der Waals surface area (Å²) in [4.78, 5) is 13.8. The molecule has 6 heteroatoms. The summed E-state index contributed by atoms with van der Waals surface area (Å²) >= 11 is 0. The minimum absolute atomic E-state index is 0.218. The van der Waals surface area contributed by atoms with E-state index in [9.17, 15) is 4.79 Å². The van der Waals surface area contributed by atoms with Gasteiger partial charge in [-0.3, -0.25) is 0 Å². The second-order valence-corrected chi connectivity index (χ2v) is 3.96. The number of azide groups is 1. The molecule has 0 saturated carbocycles. The summed E-state index contributed by atoms with van der Waals surface area (Å²) in [7, 11) is 0. The van der Waals surface area contributed by atoms with Crippen molar-refractivity contribution in [2.45, 2.75) is 39.3 Å². The Morgan fingerprint density at radius 1 is 1.64 bits per heavy atom. The molecule has 1 amide bonds. The first-order chi connectivity index (χ1) is 6.35. The van der Waals surface area contributed by atoms with Crippen molar-refractivity contribution >= 4 is 6.09 Å². The van der Waals surface area contributed by atoms with Gasteiger partial charge in [0.25, 0.3) is 0 Å². The molecule has 0 rings (SSSR count). The summed E-state index contributed by atoms with van der Waals surface area (Å²) in [5.74, 6) is 0. The van der Waals surface area contributed by atoms with Crippen LogP contribution in [0.15, 0.2) is 5.11 Å². The van der Waals surface area contributed by atoms with E-state index in [1.54, 1.807) is 27.7 Å². The molecule has 80 valence electrons. The number of hydrogen-bond acceptors (Lipinski definition) is 3. The Morgan fingerprint density at radius 2 is 2.21 bits per heavy atom. The van der Waals surface area contributed by atoms with Crippen LogP contribution in [0.5, 0.6) is 0 Å². The van der Waals surface area contributed by atoms with E-state index < -0.39 is 11.7 Å². The lowest BCUT2D eigenvalue weighted by molar-refractivity contribution is 0.0510. The number of carbonyl (C=O) groups is 1. The first kappa shape index (κ1) is 12.6. The standard InChI is InChI=1S/C8H16N4O2/c1-6(5-10-12-9)11-7(13)14-8(2,3)4/h6H,5H2,1-4H3,(H,11,13). The molecule has 0 aliphatic carbocycles. The summed E-state index contributed by atoms with van der Waals surface area (Å²) in [6, 6.07) is -0.222. The normalized spacial score (nSPS) is 12.6. The molecule has 1 unspecified atom stereocenters. The van der Waals surface area contributed by atoms with E-state index in [1.165, 1.54) is 0 Å². The minimum Gasteiger partial charge on any atom is -0.444 e. The fourth-order valence-corrected chi connectivity index (χ4v) is 0.713. The Hall–Kier alpha value is -1.42. The molecule has 0 aromatic heterocycles. The zero-order valence-electron chi connectivity index (χ0n) is 8.94. The van der Waals surface area contributed by atoms with Gasteiger partial charge in [-0.25, -0.2) is 4.79 Å². The van der Waals surface area contributed by atoms with Crippen molar-refractivity contribution in [3.05, 3.63) is 10.4 Å². The number of alkyl carbamates (subject to hydrolysis) is 1. The van der Waals surface area contributed by atoms with Gasteiger partial charge < -0.3 is 10.1 Å². The lowest BCUT2D eigenvalue weighted by atomic mass is 10.2. The van der Waals surface area contributed by atoms with Crippen molar-refractivity contribution in [3.8, 4) is 0 Å².